The number of nitrogens with zero attached hydrogens (tertiary/aromatic N) is 2. The lowest BCUT2D eigenvalue weighted by molar-refractivity contribution is -0.138. The van der Waals surface area contributed by atoms with Gasteiger partial charge in [-0.15, -0.1) is 0 Å². The van der Waals surface area contributed by atoms with Gasteiger partial charge < -0.3 is 20.4 Å². The molecule has 1 aromatic rings. The molecule has 9 heteroatoms. The molecule has 3 heterocycles. The lowest BCUT2D eigenvalue weighted by Gasteiger charge is -2.29. The Bertz CT molecular complexity index is 949. The van der Waals surface area contributed by atoms with Crippen LogP contribution >= 0.6 is 0 Å². The van der Waals surface area contributed by atoms with E-state index in [2.05, 4.69) is 10.6 Å². The average molecular weight is 428 g/mol. The van der Waals surface area contributed by atoms with E-state index in [0.717, 1.165) is 25.3 Å². The van der Waals surface area contributed by atoms with Crippen LogP contribution in [0, 0.1) is 11.7 Å². The summed E-state index contributed by atoms with van der Waals surface area (Å²) >= 11 is 0. The maximum absolute atomic E-state index is 13.6. The fraction of sp³-hybridized carbons (Fsp3) is 0.545. The quantitative estimate of drug-likeness (QED) is 0.729. The van der Waals surface area contributed by atoms with Crippen molar-refractivity contribution in [3.63, 3.8) is 0 Å². The highest BCUT2D eigenvalue weighted by molar-refractivity contribution is 6.00. The second-order valence-corrected chi connectivity index (χ2v) is 8.93. The van der Waals surface area contributed by atoms with Crippen molar-refractivity contribution in [3.8, 4) is 0 Å². The summed E-state index contributed by atoms with van der Waals surface area (Å²) in [6.45, 7) is 0.553. The third kappa shape index (κ3) is 3.45. The first kappa shape index (κ1) is 20.0. The number of benzene rings is 1. The molecule has 1 aliphatic carbocycles. The van der Waals surface area contributed by atoms with Crippen LogP contribution in [0.25, 0.3) is 0 Å². The van der Waals surface area contributed by atoms with Gasteiger partial charge >= 0.3 is 0 Å². The van der Waals surface area contributed by atoms with Crippen LogP contribution in [0.4, 0.5) is 4.39 Å². The molecule has 31 heavy (non-hydrogen) atoms. The number of amides is 4. The first-order chi connectivity index (χ1) is 14.9. The minimum atomic E-state index is -0.828. The highest BCUT2D eigenvalue weighted by Crippen LogP contribution is 2.31. The van der Waals surface area contributed by atoms with Gasteiger partial charge in [0.1, 0.15) is 17.9 Å². The topological polar surface area (TPSA) is 98.8 Å². The van der Waals surface area contributed by atoms with Gasteiger partial charge in [-0.3, -0.25) is 19.2 Å². The summed E-state index contributed by atoms with van der Waals surface area (Å²) in [4.78, 5) is 54.6. The van der Waals surface area contributed by atoms with Crippen molar-refractivity contribution in [2.45, 2.75) is 56.3 Å². The third-order valence-electron chi connectivity index (χ3n) is 7.02. The standard InChI is InChI=1S/C22H25FN4O4/c23-14-6-2-5-13(9-14)21(30)26-8-7-16-18(26)22(31)27-11-15(10-17(27)20(29)25-16)24-19(28)12-3-1-4-12/h2,5-6,9,12,15-18H,1,3-4,7-8,10-11H2,(H,24,28)(H,25,29)/t15-,16+,17+,18-/m0/s1. The first-order valence-electron chi connectivity index (χ1n) is 10.9. The molecule has 2 N–H and O–H groups in total. The Balaban J connectivity index is 1.35. The molecule has 1 saturated carbocycles. The van der Waals surface area contributed by atoms with Crippen molar-refractivity contribution < 1.29 is 23.6 Å². The number of halogens is 1. The van der Waals surface area contributed by atoms with Gasteiger partial charge in [-0.25, -0.2) is 4.39 Å². The average Bonchev–Trinajstić information content (AvgIpc) is 3.28. The Morgan fingerprint density at radius 1 is 1.16 bits per heavy atom. The van der Waals surface area contributed by atoms with Crippen molar-refractivity contribution in [3.05, 3.63) is 35.6 Å². The number of carbonyl (C=O) groups excluding carboxylic acids is 4. The zero-order valence-electron chi connectivity index (χ0n) is 17.1. The molecule has 5 rings (SSSR count). The van der Waals surface area contributed by atoms with Crippen molar-refractivity contribution in [1.29, 1.82) is 0 Å². The van der Waals surface area contributed by atoms with Crippen LogP contribution in [-0.4, -0.2) is 70.7 Å². The van der Waals surface area contributed by atoms with Crippen molar-refractivity contribution >= 4 is 23.6 Å². The van der Waals surface area contributed by atoms with Crippen molar-refractivity contribution in [1.82, 2.24) is 20.4 Å². The van der Waals surface area contributed by atoms with E-state index in [-0.39, 0.29) is 41.8 Å². The second-order valence-electron chi connectivity index (χ2n) is 8.93. The predicted molar refractivity (Wildman–Crippen MR) is 107 cm³/mol. The molecule has 4 amide bonds. The van der Waals surface area contributed by atoms with Crippen LogP contribution in [-0.2, 0) is 14.4 Å². The van der Waals surface area contributed by atoms with E-state index >= 15 is 0 Å². The van der Waals surface area contributed by atoms with Gasteiger partial charge in [0.15, 0.2) is 0 Å². The summed E-state index contributed by atoms with van der Waals surface area (Å²) in [6.07, 6.45) is 3.65. The Kier molecular flexibility index (Phi) is 4.91. The van der Waals surface area contributed by atoms with Crippen molar-refractivity contribution in [2.75, 3.05) is 13.1 Å². The summed E-state index contributed by atoms with van der Waals surface area (Å²) < 4.78 is 13.6. The molecule has 0 unspecified atom stereocenters. The number of nitrogens with one attached hydrogen (secondary N) is 2. The van der Waals surface area contributed by atoms with E-state index in [4.69, 9.17) is 0 Å². The molecule has 0 spiro atoms. The molecule has 0 bridgehead atoms. The molecular formula is C22H25FN4O4. The highest BCUT2D eigenvalue weighted by atomic mass is 19.1. The van der Waals surface area contributed by atoms with Gasteiger partial charge in [-0.2, -0.15) is 0 Å². The highest BCUT2D eigenvalue weighted by Gasteiger charge is 2.52. The fourth-order valence-electron chi connectivity index (χ4n) is 5.14. The molecule has 1 aromatic carbocycles. The molecular weight excluding hydrogens is 403 g/mol. The van der Waals surface area contributed by atoms with Gasteiger partial charge in [0.25, 0.3) is 5.91 Å². The minimum absolute atomic E-state index is 0.0107. The van der Waals surface area contributed by atoms with Gasteiger partial charge in [-0.1, -0.05) is 12.5 Å². The normalized spacial score (nSPS) is 30.2. The molecule has 4 aliphatic rings. The van der Waals surface area contributed by atoms with Crippen LogP contribution in [0.1, 0.15) is 42.5 Å². The lowest BCUT2D eigenvalue weighted by Crippen LogP contribution is -2.52. The van der Waals surface area contributed by atoms with Gasteiger partial charge in [0.2, 0.25) is 17.7 Å². The summed E-state index contributed by atoms with van der Waals surface area (Å²) in [6, 6.07) is 3.15. The summed E-state index contributed by atoms with van der Waals surface area (Å²) in [5.74, 6) is -1.47. The number of carbonyl (C=O) groups is 4. The van der Waals surface area contributed by atoms with E-state index in [9.17, 15) is 23.6 Å². The summed E-state index contributed by atoms with van der Waals surface area (Å²) in [5, 5.41) is 5.92. The Morgan fingerprint density at radius 2 is 1.97 bits per heavy atom. The van der Waals surface area contributed by atoms with E-state index in [1.807, 2.05) is 0 Å². The Hall–Kier alpha value is -2.97. The molecule has 8 nitrogen and oxygen atoms in total. The van der Waals surface area contributed by atoms with Gasteiger partial charge in [0.05, 0.1) is 6.04 Å². The molecule has 0 radical (unpaired) electrons. The van der Waals surface area contributed by atoms with Crippen LogP contribution in [0.3, 0.4) is 0 Å². The molecule has 4 atom stereocenters. The fourth-order valence-corrected chi connectivity index (χ4v) is 5.14. The minimum Gasteiger partial charge on any atom is -0.351 e. The molecule has 3 saturated heterocycles. The molecule has 164 valence electrons. The van der Waals surface area contributed by atoms with E-state index in [0.29, 0.717) is 19.4 Å². The first-order valence-corrected chi connectivity index (χ1v) is 10.9. The van der Waals surface area contributed by atoms with Crippen LogP contribution in [0.5, 0.6) is 0 Å². The molecule has 4 fully saturated rings. The number of rotatable bonds is 3. The van der Waals surface area contributed by atoms with E-state index < -0.39 is 29.8 Å². The van der Waals surface area contributed by atoms with Crippen molar-refractivity contribution in [2.24, 2.45) is 5.92 Å². The van der Waals surface area contributed by atoms with Gasteiger partial charge in [-0.05, 0) is 43.9 Å². The van der Waals surface area contributed by atoms with E-state index in [1.54, 1.807) is 0 Å². The Labute approximate surface area is 179 Å². The monoisotopic (exact) mass is 428 g/mol. The lowest BCUT2D eigenvalue weighted by atomic mass is 9.84. The van der Waals surface area contributed by atoms with Gasteiger partial charge in [0, 0.05) is 30.6 Å². The largest absolute Gasteiger partial charge is 0.351 e. The van der Waals surface area contributed by atoms with Crippen LogP contribution in [0.2, 0.25) is 0 Å². The smallest absolute Gasteiger partial charge is 0.254 e. The zero-order valence-corrected chi connectivity index (χ0v) is 17.1. The number of hydrogen-bond donors (Lipinski definition) is 2. The SMILES string of the molecule is O=C(N[C@H]1C[C@@H]2C(=O)N[C@@H]3CCN(C(=O)c4cccc(F)c4)[C@@H]3C(=O)N2C1)C1CCC1. The second kappa shape index (κ2) is 7.62. The van der Waals surface area contributed by atoms with Crippen LogP contribution in [0.15, 0.2) is 24.3 Å². The number of hydrogen-bond acceptors (Lipinski definition) is 4. The predicted octanol–water partition coefficient (Wildman–Crippen LogP) is 0.424. The maximum atomic E-state index is 13.6. The van der Waals surface area contributed by atoms with E-state index in [1.165, 1.54) is 28.0 Å². The summed E-state index contributed by atoms with van der Waals surface area (Å²) in [5.41, 5.74) is 0.174. The molecule has 3 aliphatic heterocycles. The third-order valence-corrected chi connectivity index (χ3v) is 7.02. The van der Waals surface area contributed by atoms with Crippen LogP contribution < -0.4 is 10.6 Å². The number of likely N-dealkylation sites (tertiary alicyclic amines) is 1. The molecule has 0 aromatic heterocycles. The number of fused-ring (bicyclic) bond motifs is 2. The zero-order chi connectivity index (χ0) is 21.7. The summed E-state index contributed by atoms with van der Waals surface area (Å²) in [7, 11) is 0. The Morgan fingerprint density at radius 3 is 2.68 bits per heavy atom. The maximum Gasteiger partial charge on any atom is 0.254 e.